The number of nitrogens with zero attached hydrogens (tertiary/aromatic N) is 1. The first-order valence-electron chi connectivity index (χ1n) is 5.85. The molecule has 1 rings (SSSR count). The maximum atomic E-state index is 11.6. The second kappa shape index (κ2) is 7.45. The molecule has 1 aromatic carbocycles. The van der Waals surface area contributed by atoms with Crippen LogP contribution in [0, 0.1) is 11.3 Å². The lowest BCUT2D eigenvalue weighted by Crippen LogP contribution is -2.58. The van der Waals surface area contributed by atoms with Gasteiger partial charge in [-0.2, -0.15) is 5.26 Å². The largest absolute Gasteiger partial charge is 0.484 e. The zero-order valence-corrected chi connectivity index (χ0v) is 10.7. The Bertz CT molecular complexity index is 468. The highest BCUT2D eigenvalue weighted by atomic mass is 16.5. The van der Waals surface area contributed by atoms with Crippen LogP contribution in [0.15, 0.2) is 24.3 Å². The maximum Gasteiger partial charge on any atom is 0.258 e. The number of carbonyl (C=O) groups is 1. The summed E-state index contributed by atoms with van der Waals surface area (Å²) in [6.45, 7) is -2.12. The fourth-order valence-corrected chi connectivity index (χ4v) is 1.38. The lowest BCUT2D eigenvalue weighted by atomic mass is 10.0. The van der Waals surface area contributed by atoms with Crippen molar-refractivity contribution in [2.24, 2.45) is 0 Å². The van der Waals surface area contributed by atoms with Gasteiger partial charge in [-0.1, -0.05) is 0 Å². The molecule has 0 unspecified atom stereocenters. The molecule has 4 N–H and O–H groups in total. The molecule has 0 bridgehead atoms. The van der Waals surface area contributed by atoms with Gasteiger partial charge in [0.05, 0.1) is 31.5 Å². The van der Waals surface area contributed by atoms with E-state index in [0.29, 0.717) is 11.3 Å². The number of benzene rings is 1. The van der Waals surface area contributed by atoms with E-state index in [9.17, 15) is 4.79 Å². The van der Waals surface area contributed by atoms with Gasteiger partial charge in [0.15, 0.2) is 6.61 Å². The average Bonchev–Trinajstić information content (AvgIpc) is 2.51. The van der Waals surface area contributed by atoms with E-state index in [2.05, 4.69) is 5.32 Å². The van der Waals surface area contributed by atoms with Crippen molar-refractivity contribution < 1.29 is 24.9 Å². The SMILES string of the molecule is N#Cc1ccc(OCC(=O)NC(CO)(CO)CO)cc1. The highest BCUT2D eigenvalue weighted by Crippen LogP contribution is 2.11. The van der Waals surface area contributed by atoms with Crippen LogP contribution in [0.1, 0.15) is 5.56 Å². The minimum atomic E-state index is -1.47. The van der Waals surface area contributed by atoms with Crippen molar-refractivity contribution in [2.45, 2.75) is 5.54 Å². The number of hydrogen-bond acceptors (Lipinski definition) is 6. The van der Waals surface area contributed by atoms with Crippen LogP contribution in [0.2, 0.25) is 0 Å². The summed E-state index contributed by atoms with van der Waals surface area (Å²) in [6.07, 6.45) is 0. The van der Waals surface area contributed by atoms with E-state index in [4.69, 9.17) is 25.3 Å². The van der Waals surface area contributed by atoms with Gasteiger partial charge in [-0.25, -0.2) is 0 Å². The molecule has 0 saturated heterocycles. The van der Waals surface area contributed by atoms with Gasteiger partial charge in [0.1, 0.15) is 11.3 Å². The molecular formula is C13H16N2O5. The van der Waals surface area contributed by atoms with E-state index < -0.39 is 31.3 Å². The number of nitriles is 1. The monoisotopic (exact) mass is 280 g/mol. The zero-order valence-electron chi connectivity index (χ0n) is 10.7. The van der Waals surface area contributed by atoms with E-state index in [1.807, 2.05) is 6.07 Å². The Morgan fingerprint density at radius 3 is 2.20 bits per heavy atom. The maximum absolute atomic E-state index is 11.6. The molecule has 0 aliphatic rings. The smallest absolute Gasteiger partial charge is 0.258 e. The van der Waals surface area contributed by atoms with E-state index >= 15 is 0 Å². The van der Waals surface area contributed by atoms with Crippen molar-refractivity contribution in [1.29, 1.82) is 5.26 Å². The predicted octanol–water partition coefficient (Wildman–Crippen LogP) is -1.23. The number of rotatable bonds is 7. The molecule has 7 nitrogen and oxygen atoms in total. The number of aliphatic hydroxyl groups excluding tert-OH is 3. The molecule has 0 atom stereocenters. The van der Waals surface area contributed by atoms with E-state index in [1.54, 1.807) is 24.3 Å². The molecule has 7 heteroatoms. The van der Waals surface area contributed by atoms with Crippen LogP contribution in [0.25, 0.3) is 0 Å². The van der Waals surface area contributed by atoms with Crippen LogP contribution in [-0.4, -0.2) is 53.2 Å². The summed E-state index contributed by atoms with van der Waals surface area (Å²) in [7, 11) is 0. The third-order valence-electron chi connectivity index (χ3n) is 2.67. The summed E-state index contributed by atoms with van der Waals surface area (Å²) < 4.78 is 5.18. The molecule has 0 aliphatic heterocycles. The number of hydrogen-bond donors (Lipinski definition) is 4. The lowest BCUT2D eigenvalue weighted by molar-refractivity contribution is -0.127. The van der Waals surface area contributed by atoms with Crippen LogP contribution in [0.3, 0.4) is 0 Å². The van der Waals surface area contributed by atoms with Crippen LogP contribution in [0.4, 0.5) is 0 Å². The highest BCUT2D eigenvalue weighted by Gasteiger charge is 2.29. The van der Waals surface area contributed by atoms with Gasteiger partial charge in [0.2, 0.25) is 0 Å². The summed E-state index contributed by atoms with van der Waals surface area (Å²) in [6, 6.07) is 8.14. The third-order valence-corrected chi connectivity index (χ3v) is 2.67. The van der Waals surface area contributed by atoms with Crippen molar-refractivity contribution in [3.8, 4) is 11.8 Å². The van der Waals surface area contributed by atoms with Gasteiger partial charge in [-0.05, 0) is 24.3 Å². The van der Waals surface area contributed by atoms with Crippen LogP contribution in [-0.2, 0) is 4.79 Å². The molecule has 20 heavy (non-hydrogen) atoms. The Hall–Kier alpha value is -2.14. The number of carbonyl (C=O) groups excluding carboxylic acids is 1. The minimum Gasteiger partial charge on any atom is -0.484 e. The van der Waals surface area contributed by atoms with E-state index in [-0.39, 0.29) is 6.61 Å². The van der Waals surface area contributed by atoms with Gasteiger partial charge in [-0.15, -0.1) is 0 Å². The Balaban J connectivity index is 2.52. The standard InChI is InChI=1S/C13H16N2O5/c14-5-10-1-3-11(4-2-10)20-6-12(19)15-13(7-16,8-17)9-18/h1-4,16-18H,6-9H2,(H,15,19). The number of nitrogens with one attached hydrogen (secondary N) is 1. The molecule has 0 heterocycles. The number of aliphatic hydroxyl groups is 3. The van der Waals surface area contributed by atoms with Gasteiger partial charge in [0, 0.05) is 0 Å². The van der Waals surface area contributed by atoms with Crippen molar-refractivity contribution in [3.05, 3.63) is 29.8 Å². The first kappa shape index (κ1) is 15.9. The zero-order chi connectivity index (χ0) is 15.0. The third kappa shape index (κ3) is 4.20. The molecule has 1 amide bonds. The molecular weight excluding hydrogens is 264 g/mol. The summed E-state index contributed by atoms with van der Waals surface area (Å²) in [5.74, 6) is -0.187. The highest BCUT2D eigenvalue weighted by molar-refractivity contribution is 5.78. The van der Waals surface area contributed by atoms with Crippen molar-refractivity contribution >= 4 is 5.91 Å². The van der Waals surface area contributed by atoms with Crippen molar-refractivity contribution in [1.82, 2.24) is 5.32 Å². The Morgan fingerprint density at radius 2 is 1.75 bits per heavy atom. The molecule has 0 radical (unpaired) electrons. The Labute approximate surface area is 116 Å². The summed E-state index contributed by atoms with van der Waals surface area (Å²) in [5.41, 5.74) is -0.993. The number of amides is 1. The molecule has 0 aliphatic carbocycles. The van der Waals surface area contributed by atoms with Crippen molar-refractivity contribution in [3.63, 3.8) is 0 Å². The molecule has 0 aromatic heterocycles. The first-order valence-corrected chi connectivity index (χ1v) is 5.85. The normalized spacial score (nSPS) is 10.7. The van der Waals surface area contributed by atoms with Gasteiger partial charge in [0.25, 0.3) is 5.91 Å². The van der Waals surface area contributed by atoms with Crippen LogP contribution in [0.5, 0.6) is 5.75 Å². The predicted molar refractivity (Wildman–Crippen MR) is 68.8 cm³/mol. The van der Waals surface area contributed by atoms with Crippen molar-refractivity contribution in [2.75, 3.05) is 26.4 Å². The molecule has 1 aromatic rings. The first-order chi connectivity index (χ1) is 9.59. The topological polar surface area (TPSA) is 123 Å². The fourth-order valence-electron chi connectivity index (χ4n) is 1.38. The second-order valence-corrected chi connectivity index (χ2v) is 4.23. The fraction of sp³-hybridized carbons (Fsp3) is 0.385. The summed E-state index contributed by atoms with van der Waals surface area (Å²) in [5, 5.41) is 38.1. The van der Waals surface area contributed by atoms with E-state index in [0.717, 1.165) is 0 Å². The van der Waals surface area contributed by atoms with Crippen LogP contribution < -0.4 is 10.1 Å². The minimum absolute atomic E-state index is 0.340. The summed E-state index contributed by atoms with van der Waals surface area (Å²) >= 11 is 0. The summed E-state index contributed by atoms with van der Waals surface area (Å²) in [4.78, 5) is 11.6. The lowest BCUT2D eigenvalue weighted by Gasteiger charge is -2.28. The van der Waals surface area contributed by atoms with Crippen LogP contribution >= 0.6 is 0 Å². The second-order valence-electron chi connectivity index (χ2n) is 4.23. The average molecular weight is 280 g/mol. The Morgan fingerprint density at radius 1 is 1.20 bits per heavy atom. The van der Waals surface area contributed by atoms with Gasteiger partial charge >= 0.3 is 0 Å². The molecule has 0 fully saturated rings. The number of ether oxygens (including phenoxy) is 1. The quantitative estimate of drug-likeness (QED) is 0.496. The Kier molecular flexibility index (Phi) is 5.93. The molecule has 108 valence electrons. The molecule has 0 spiro atoms. The van der Waals surface area contributed by atoms with Gasteiger partial charge in [-0.3, -0.25) is 4.79 Å². The molecule has 0 saturated carbocycles. The van der Waals surface area contributed by atoms with E-state index in [1.165, 1.54) is 0 Å². The van der Waals surface area contributed by atoms with Gasteiger partial charge < -0.3 is 25.4 Å².